The predicted molar refractivity (Wildman–Crippen MR) is 68.1 cm³/mol. The molecule has 1 aliphatic rings. The van der Waals surface area contributed by atoms with E-state index in [4.69, 9.17) is 4.74 Å². The van der Waals surface area contributed by atoms with E-state index in [2.05, 4.69) is 15.0 Å². The smallest absolute Gasteiger partial charge is 0.360 e. The normalized spacial score (nSPS) is 14.0. The summed E-state index contributed by atoms with van der Waals surface area (Å²) in [6.07, 6.45) is 1.48. The third kappa shape index (κ3) is 2.96. The van der Waals surface area contributed by atoms with Crippen molar-refractivity contribution in [3.63, 3.8) is 0 Å². The Morgan fingerprint density at radius 3 is 2.60 bits per heavy atom. The standard InChI is InChI=1S/C12H18N4O4/c1-19-7-4-9-11(12(18)20-2)13-14-16(9)8-10(17)15-5-3-6-15/h3-8H2,1-2H3. The van der Waals surface area contributed by atoms with Crippen LogP contribution in [0.1, 0.15) is 22.6 Å². The molecule has 0 spiro atoms. The summed E-state index contributed by atoms with van der Waals surface area (Å²) < 4.78 is 11.1. The van der Waals surface area contributed by atoms with E-state index in [-0.39, 0.29) is 18.1 Å². The Balaban J connectivity index is 2.15. The van der Waals surface area contributed by atoms with E-state index >= 15 is 0 Å². The SMILES string of the molecule is COCCc1c(C(=O)OC)nnn1CC(=O)N1CCC1. The van der Waals surface area contributed by atoms with Gasteiger partial charge in [0, 0.05) is 26.6 Å². The van der Waals surface area contributed by atoms with Gasteiger partial charge in [-0.15, -0.1) is 5.10 Å². The average molecular weight is 282 g/mol. The molecule has 8 nitrogen and oxygen atoms in total. The largest absolute Gasteiger partial charge is 0.464 e. The molecule has 8 heteroatoms. The van der Waals surface area contributed by atoms with Gasteiger partial charge in [0.1, 0.15) is 6.54 Å². The fourth-order valence-electron chi connectivity index (χ4n) is 1.95. The van der Waals surface area contributed by atoms with Gasteiger partial charge in [0.15, 0.2) is 5.69 Å². The lowest BCUT2D eigenvalue weighted by Gasteiger charge is -2.30. The van der Waals surface area contributed by atoms with Crippen molar-refractivity contribution in [1.29, 1.82) is 0 Å². The highest BCUT2D eigenvalue weighted by Crippen LogP contribution is 2.11. The molecule has 0 radical (unpaired) electrons. The first kappa shape index (κ1) is 14.4. The van der Waals surface area contributed by atoms with Crippen LogP contribution < -0.4 is 0 Å². The van der Waals surface area contributed by atoms with E-state index in [0.29, 0.717) is 18.7 Å². The van der Waals surface area contributed by atoms with Gasteiger partial charge in [-0.2, -0.15) is 0 Å². The van der Waals surface area contributed by atoms with Gasteiger partial charge in [0.2, 0.25) is 5.91 Å². The number of hydrogen-bond acceptors (Lipinski definition) is 6. The van der Waals surface area contributed by atoms with Crippen LogP contribution in [-0.2, 0) is 27.2 Å². The van der Waals surface area contributed by atoms with Crippen LogP contribution in [-0.4, -0.2) is 65.7 Å². The lowest BCUT2D eigenvalue weighted by atomic mass is 10.2. The van der Waals surface area contributed by atoms with Crippen molar-refractivity contribution in [3.05, 3.63) is 11.4 Å². The van der Waals surface area contributed by atoms with E-state index in [0.717, 1.165) is 19.5 Å². The number of carbonyl (C=O) groups excluding carboxylic acids is 2. The molecular formula is C12H18N4O4. The molecule has 0 atom stereocenters. The van der Waals surface area contributed by atoms with E-state index in [1.165, 1.54) is 11.8 Å². The van der Waals surface area contributed by atoms with Crippen molar-refractivity contribution < 1.29 is 19.1 Å². The summed E-state index contributed by atoms with van der Waals surface area (Å²) in [4.78, 5) is 25.3. The minimum Gasteiger partial charge on any atom is -0.464 e. The molecule has 1 aliphatic heterocycles. The maximum atomic E-state index is 12.0. The third-order valence-electron chi connectivity index (χ3n) is 3.25. The second kappa shape index (κ2) is 6.47. The quantitative estimate of drug-likeness (QED) is 0.653. The first-order valence-corrected chi connectivity index (χ1v) is 6.44. The molecule has 0 unspecified atom stereocenters. The van der Waals surface area contributed by atoms with Crippen molar-refractivity contribution in [3.8, 4) is 0 Å². The molecule has 1 saturated heterocycles. The average Bonchev–Trinajstić information content (AvgIpc) is 2.76. The van der Waals surface area contributed by atoms with Crippen LogP contribution in [0.3, 0.4) is 0 Å². The molecule has 0 saturated carbocycles. The molecule has 1 aromatic heterocycles. The second-order valence-corrected chi connectivity index (χ2v) is 4.51. The fraction of sp³-hybridized carbons (Fsp3) is 0.667. The van der Waals surface area contributed by atoms with Crippen LogP contribution in [0, 0.1) is 0 Å². The zero-order valence-corrected chi connectivity index (χ0v) is 11.7. The molecule has 0 N–H and O–H groups in total. The van der Waals surface area contributed by atoms with E-state index < -0.39 is 5.97 Å². The van der Waals surface area contributed by atoms with Crippen LogP contribution in [0.2, 0.25) is 0 Å². The molecular weight excluding hydrogens is 264 g/mol. The maximum Gasteiger partial charge on any atom is 0.360 e. The first-order valence-electron chi connectivity index (χ1n) is 6.44. The van der Waals surface area contributed by atoms with E-state index in [1.54, 1.807) is 12.0 Å². The lowest BCUT2D eigenvalue weighted by Crippen LogP contribution is -2.44. The molecule has 20 heavy (non-hydrogen) atoms. The fourth-order valence-corrected chi connectivity index (χ4v) is 1.95. The van der Waals surface area contributed by atoms with Crippen LogP contribution in [0.15, 0.2) is 0 Å². The topological polar surface area (TPSA) is 86.5 Å². The van der Waals surface area contributed by atoms with Gasteiger partial charge in [-0.05, 0) is 6.42 Å². The van der Waals surface area contributed by atoms with Gasteiger partial charge in [-0.25, -0.2) is 9.48 Å². The number of amides is 1. The number of carbonyl (C=O) groups is 2. The molecule has 110 valence electrons. The highest BCUT2D eigenvalue weighted by atomic mass is 16.5. The summed E-state index contributed by atoms with van der Waals surface area (Å²) in [5.41, 5.74) is 0.702. The zero-order chi connectivity index (χ0) is 14.5. The van der Waals surface area contributed by atoms with E-state index in [1.807, 2.05) is 0 Å². The number of ether oxygens (including phenoxy) is 2. The number of hydrogen-bond donors (Lipinski definition) is 0. The van der Waals surface area contributed by atoms with Crippen molar-refractivity contribution in [2.75, 3.05) is 33.9 Å². The van der Waals surface area contributed by atoms with Crippen molar-refractivity contribution in [1.82, 2.24) is 19.9 Å². The molecule has 0 aromatic carbocycles. The number of nitrogens with zero attached hydrogens (tertiary/aromatic N) is 4. The molecule has 1 amide bonds. The highest BCUT2D eigenvalue weighted by Gasteiger charge is 2.25. The number of methoxy groups -OCH3 is 2. The summed E-state index contributed by atoms with van der Waals surface area (Å²) in [5, 5.41) is 7.69. The summed E-state index contributed by atoms with van der Waals surface area (Å²) in [6.45, 7) is 2.06. The Hall–Kier alpha value is -1.96. The Kier molecular flexibility index (Phi) is 4.67. The zero-order valence-electron chi connectivity index (χ0n) is 11.7. The Labute approximate surface area is 116 Å². The van der Waals surface area contributed by atoms with Crippen molar-refractivity contribution in [2.45, 2.75) is 19.4 Å². The van der Waals surface area contributed by atoms with Crippen LogP contribution in [0.5, 0.6) is 0 Å². The summed E-state index contributed by atoms with van der Waals surface area (Å²) >= 11 is 0. The molecule has 1 fully saturated rings. The molecule has 1 aromatic rings. The Morgan fingerprint density at radius 2 is 2.05 bits per heavy atom. The minimum atomic E-state index is -0.557. The maximum absolute atomic E-state index is 12.0. The van der Waals surface area contributed by atoms with Crippen molar-refractivity contribution >= 4 is 11.9 Å². The molecule has 0 aliphatic carbocycles. The Bertz CT molecular complexity index is 496. The number of esters is 1. The highest BCUT2D eigenvalue weighted by molar-refractivity contribution is 5.88. The van der Waals surface area contributed by atoms with Gasteiger partial charge in [0.05, 0.1) is 19.4 Å². The second-order valence-electron chi connectivity index (χ2n) is 4.51. The minimum absolute atomic E-state index is 0.0174. The first-order chi connectivity index (χ1) is 9.67. The summed E-state index contributed by atoms with van der Waals surface area (Å²) in [6, 6.07) is 0. The van der Waals surface area contributed by atoms with Gasteiger partial charge < -0.3 is 14.4 Å². The van der Waals surface area contributed by atoms with Gasteiger partial charge in [-0.3, -0.25) is 4.79 Å². The van der Waals surface area contributed by atoms with Crippen LogP contribution in [0.25, 0.3) is 0 Å². The monoisotopic (exact) mass is 282 g/mol. The van der Waals surface area contributed by atoms with Gasteiger partial charge in [-0.1, -0.05) is 5.21 Å². The van der Waals surface area contributed by atoms with Gasteiger partial charge >= 0.3 is 5.97 Å². The molecule has 0 bridgehead atoms. The number of likely N-dealkylation sites (tertiary alicyclic amines) is 1. The van der Waals surface area contributed by atoms with Gasteiger partial charge in [0.25, 0.3) is 0 Å². The summed E-state index contributed by atoms with van der Waals surface area (Å²) in [7, 11) is 2.85. The summed E-state index contributed by atoms with van der Waals surface area (Å²) in [5.74, 6) is -0.574. The van der Waals surface area contributed by atoms with E-state index in [9.17, 15) is 9.59 Å². The van der Waals surface area contributed by atoms with Crippen LogP contribution >= 0.6 is 0 Å². The number of aromatic nitrogens is 3. The third-order valence-corrected chi connectivity index (χ3v) is 3.25. The molecule has 2 rings (SSSR count). The Morgan fingerprint density at radius 1 is 1.30 bits per heavy atom. The van der Waals surface area contributed by atoms with Crippen LogP contribution in [0.4, 0.5) is 0 Å². The molecule has 2 heterocycles. The predicted octanol–water partition coefficient (Wildman–Crippen LogP) is -0.514. The lowest BCUT2D eigenvalue weighted by molar-refractivity contribution is -0.135. The van der Waals surface area contributed by atoms with Crippen molar-refractivity contribution in [2.24, 2.45) is 0 Å². The number of rotatable bonds is 6.